The van der Waals surface area contributed by atoms with E-state index in [4.69, 9.17) is 9.47 Å². The molecule has 0 aliphatic carbocycles. The fourth-order valence-corrected chi connectivity index (χ4v) is 0.767. The summed E-state index contributed by atoms with van der Waals surface area (Å²) in [5.74, 6) is 0. The number of alkyl carbamates (subject to hydrolysis) is 1. The van der Waals surface area contributed by atoms with Crippen LogP contribution in [0.2, 0.25) is 0 Å². The second-order valence-corrected chi connectivity index (χ2v) is 2.76. The second kappa shape index (κ2) is 9.32. The fraction of sp³-hybridized carbons (Fsp3) is 0.889. The molecule has 0 saturated carbocycles. The Morgan fingerprint density at radius 3 is 2.69 bits per heavy atom. The van der Waals surface area contributed by atoms with Crippen LogP contribution in [0.3, 0.4) is 0 Å². The lowest BCUT2D eigenvalue weighted by Gasteiger charge is -2.05. The summed E-state index contributed by atoms with van der Waals surface area (Å²) in [4.78, 5) is 10.9. The Morgan fingerprint density at radius 1 is 1.31 bits per heavy atom. The molecule has 0 heterocycles. The molecule has 0 atom stereocenters. The SMILES string of the molecule is CCCCOC(=O)NCCCOC. The molecule has 4 heteroatoms. The third kappa shape index (κ3) is 9.14. The van der Waals surface area contributed by atoms with Crippen LogP contribution >= 0.6 is 0 Å². The van der Waals surface area contributed by atoms with Gasteiger partial charge in [-0.1, -0.05) is 13.3 Å². The number of ether oxygens (including phenoxy) is 2. The molecule has 4 nitrogen and oxygen atoms in total. The zero-order valence-electron chi connectivity index (χ0n) is 8.47. The van der Waals surface area contributed by atoms with E-state index in [1.54, 1.807) is 7.11 Å². The van der Waals surface area contributed by atoms with E-state index in [1.807, 2.05) is 0 Å². The summed E-state index contributed by atoms with van der Waals surface area (Å²) < 4.78 is 9.70. The second-order valence-electron chi connectivity index (χ2n) is 2.76. The summed E-state index contributed by atoms with van der Waals surface area (Å²) in [5, 5.41) is 2.64. The molecule has 1 amide bonds. The maximum absolute atomic E-state index is 10.9. The zero-order chi connectivity index (χ0) is 9.94. The van der Waals surface area contributed by atoms with E-state index in [2.05, 4.69) is 12.2 Å². The quantitative estimate of drug-likeness (QED) is 0.618. The van der Waals surface area contributed by atoms with Gasteiger partial charge in [-0.3, -0.25) is 0 Å². The third-order valence-corrected chi connectivity index (χ3v) is 1.53. The van der Waals surface area contributed by atoms with Crippen molar-refractivity contribution < 1.29 is 14.3 Å². The molecule has 0 radical (unpaired) electrons. The van der Waals surface area contributed by atoms with Crippen LogP contribution in [0.5, 0.6) is 0 Å². The van der Waals surface area contributed by atoms with Crippen LogP contribution < -0.4 is 5.32 Å². The van der Waals surface area contributed by atoms with Crippen LogP contribution in [0.15, 0.2) is 0 Å². The molecule has 13 heavy (non-hydrogen) atoms. The molecule has 0 fully saturated rings. The molecule has 0 unspecified atom stereocenters. The largest absolute Gasteiger partial charge is 0.450 e. The van der Waals surface area contributed by atoms with Crippen LogP contribution in [-0.4, -0.2) is 33.0 Å². The molecule has 0 aromatic rings. The summed E-state index contributed by atoms with van der Waals surface area (Å²) in [7, 11) is 1.64. The van der Waals surface area contributed by atoms with Crippen molar-refractivity contribution in [2.75, 3.05) is 26.9 Å². The minimum absolute atomic E-state index is 0.329. The first-order valence-corrected chi connectivity index (χ1v) is 4.70. The van der Waals surface area contributed by atoms with Crippen molar-refractivity contribution in [3.05, 3.63) is 0 Å². The molecule has 0 aromatic heterocycles. The Hall–Kier alpha value is -0.770. The number of hydrogen-bond donors (Lipinski definition) is 1. The highest BCUT2D eigenvalue weighted by Gasteiger charge is 1.98. The molecule has 0 rings (SSSR count). The van der Waals surface area contributed by atoms with E-state index in [0.717, 1.165) is 19.3 Å². The summed E-state index contributed by atoms with van der Waals surface area (Å²) in [5.41, 5.74) is 0. The number of unbranched alkanes of at least 4 members (excludes halogenated alkanes) is 1. The monoisotopic (exact) mass is 189 g/mol. The number of methoxy groups -OCH3 is 1. The fourth-order valence-electron chi connectivity index (χ4n) is 0.767. The predicted octanol–water partition coefficient (Wildman–Crippen LogP) is 1.55. The van der Waals surface area contributed by atoms with Gasteiger partial charge in [-0.2, -0.15) is 0 Å². The van der Waals surface area contributed by atoms with Gasteiger partial charge in [0.2, 0.25) is 0 Å². The molecule has 1 N–H and O–H groups in total. The topological polar surface area (TPSA) is 47.6 Å². The molecule has 0 bridgehead atoms. The lowest BCUT2D eigenvalue weighted by molar-refractivity contribution is 0.142. The maximum Gasteiger partial charge on any atom is 0.407 e. The molecule has 0 spiro atoms. The normalized spacial score (nSPS) is 9.69. The smallest absolute Gasteiger partial charge is 0.407 e. The average molecular weight is 189 g/mol. The predicted molar refractivity (Wildman–Crippen MR) is 50.8 cm³/mol. The first-order chi connectivity index (χ1) is 6.31. The van der Waals surface area contributed by atoms with E-state index in [9.17, 15) is 4.79 Å². The van der Waals surface area contributed by atoms with Crippen molar-refractivity contribution in [2.45, 2.75) is 26.2 Å². The van der Waals surface area contributed by atoms with Crippen LogP contribution in [0, 0.1) is 0 Å². The van der Waals surface area contributed by atoms with Gasteiger partial charge in [-0.15, -0.1) is 0 Å². The Kier molecular flexibility index (Phi) is 8.77. The molecule has 0 saturated heterocycles. The van der Waals surface area contributed by atoms with Crippen LogP contribution in [0.1, 0.15) is 26.2 Å². The summed E-state index contributed by atoms with van der Waals surface area (Å²) in [6.45, 7) is 3.83. The van der Waals surface area contributed by atoms with Gasteiger partial charge < -0.3 is 14.8 Å². The van der Waals surface area contributed by atoms with E-state index in [0.29, 0.717) is 19.8 Å². The van der Waals surface area contributed by atoms with Crippen molar-refractivity contribution in [2.24, 2.45) is 0 Å². The van der Waals surface area contributed by atoms with Crippen molar-refractivity contribution >= 4 is 6.09 Å². The summed E-state index contributed by atoms with van der Waals surface area (Å²) in [6.07, 6.45) is 2.45. The lowest BCUT2D eigenvalue weighted by Crippen LogP contribution is -2.26. The van der Waals surface area contributed by atoms with E-state index < -0.39 is 0 Å². The van der Waals surface area contributed by atoms with E-state index in [1.165, 1.54) is 0 Å². The van der Waals surface area contributed by atoms with Gasteiger partial charge in [-0.05, 0) is 12.8 Å². The molecule has 0 aliphatic rings. The highest BCUT2D eigenvalue weighted by Crippen LogP contribution is 1.88. The van der Waals surface area contributed by atoms with Gasteiger partial charge in [0, 0.05) is 20.3 Å². The minimum Gasteiger partial charge on any atom is -0.450 e. The maximum atomic E-state index is 10.9. The lowest BCUT2D eigenvalue weighted by atomic mass is 10.4. The van der Waals surface area contributed by atoms with Gasteiger partial charge >= 0.3 is 6.09 Å². The Morgan fingerprint density at radius 2 is 2.08 bits per heavy atom. The van der Waals surface area contributed by atoms with Gasteiger partial charge in [0.05, 0.1) is 6.61 Å². The van der Waals surface area contributed by atoms with E-state index in [-0.39, 0.29) is 6.09 Å². The van der Waals surface area contributed by atoms with Crippen molar-refractivity contribution in [1.82, 2.24) is 5.32 Å². The Bertz CT molecular complexity index is 128. The summed E-state index contributed by atoms with van der Waals surface area (Å²) >= 11 is 0. The first kappa shape index (κ1) is 12.2. The molecule has 78 valence electrons. The molecule has 0 aromatic carbocycles. The number of rotatable bonds is 7. The molecular weight excluding hydrogens is 170 g/mol. The Labute approximate surface area is 79.6 Å². The Balaban J connectivity index is 3.11. The van der Waals surface area contributed by atoms with Gasteiger partial charge in [0.1, 0.15) is 0 Å². The minimum atomic E-state index is -0.329. The number of hydrogen-bond acceptors (Lipinski definition) is 3. The molecule has 0 aliphatic heterocycles. The third-order valence-electron chi connectivity index (χ3n) is 1.53. The average Bonchev–Trinajstić information content (AvgIpc) is 2.13. The van der Waals surface area contributed by atoms with Crippen LogP contribution in [-0.2, 0) is 9.47 Å². The highest BCUT2D eigenvalue weighted by atomic mass is 16.5. The van der Waals surface area contributed by atoms with Crippen molar-refractivity contribution in [1.29, 1.82) is 0 Å². The first-order valence-electron chi connectivity index (χ1n) is 4.70. The molecular formula is C9H19NO3. The van der Waals surface area contributed by atoms with Gasteiger partial charge in [-0.25, -0.2) is 4.79 Å². The van der Waals surface area contributed by atoms with E-state index >= 15 is 0 Å². The van der Waals surface area contributed by atoms with Crippen molar-refractivity contribution in [3.63, 3.8) is 0 Å². The van der Waals surface area contributed by atoms with Crippen molar-refractivity contribution in [3.8, 4) is 0 Å². The number of carbonyl (C=O) groups excluding carboxylic acids is 1. The zero-order valence-corrected chi connectivity index (χ0v) is 8.47. The number of carbonyl (C=O) groups is 1. The summed E-state index contributed by atoms with van der Waals surface area (Å²) in [6, 6.07) is 0. The number of nitrogens with one attached hydrogen (secondary N) is 1. The standard InChI is InChI=1S/C9H19NO3/c1-3-4-8-13-9(11)10-6-5-7-12-2/h3-8H2,1-2H3,(H,10,11). The van der Waals surface area contributed by atoms with Gasteiger partial charge in [0.15, 0.2) is 0 Å². The van der Waals surface area contributed by atoms with Crippen LogP contribution in [0.4, 0.5) is 4.79 Å². The number of amides is 1. The highest BCUT2D eigenvalue weighted by molar-refractivity contribution is 5.66. The van der Waals surface area contributed by atoms with Crippen LogP contribution in [0.25, 0.3) is 0 Å². The van der Waals surface area contributed by atoms with Gasteiger partial charge in [0.25, 0.3) is 0 Å².